The number of likely N-dealkylation sites (N-methyl/N-ethyl adjacent to an activating group) is 1. The monoisotopic (exact) mass is 435 g/mol. The second kappa shape index (κ2) is 9.15. The molecule has 1 aliphatic rings. The van der Waals surface area contributed by atoms with Crippen molar-refractivity contribution in [3.8, 4) is 0 Å². The van der Waals surface area contributed by atoms with E-state index in [2.05, 4.69) is 38.1 Å². The van der Waals surface area contributed by atoms with Crippen LogP contribution in [0.15, 0.2) is 33.7 Å². The van der Waals surface area contributed by atoms with Gasteiger partial charge in [0.05, 0.1) is 6.04 Å². The van der Waals surface area contributed by atoms with Gasteiger partial charge in [-0.3, -0.25) is 4.79 Å². The number of amides is 1. The lowest BCUT2D eigenvalue weighted by molar-refractivity contribution is -0.122. The minimum atomic E-state index is -3.92. The molecule has 1 amide bonds. The van der Waals surface area contributed by atoms with Crippen molar-refractivity contribution < 1.29 is 17.7 Å². The van der Waals surface area contributed by atoms with Gasteiger partial charge in [-0.25, -0.2) is 8.42 Å². The Morgan fingerprint density at radius 2 is 1.87 bits per heavy atom. The van der Waals surface area contributed by atoms with Gasteiger partial charge in [0.15, 0.2) is 5.76 Å². The Kier molecular flexibility index (Phi) is 6.79. The standard InChI is InChI=1S/C20H29N5O4S/c1-14-19(16(3)29-22-14)30(27,28)23-15(2)20(26)21-13-17-7-5-6-8-18(17)25-11-9-24(4)10-12-25/h5-8,15,23H,9-13H2,1-4H3,(H,21,26)/t15-/m0/s1. The Hall–Kier alpha value is -2.43. The highest BCUT2D eigenvalue weighted by molar-refractivity contribution is 7.89. The van der Waals surface area contributed by atoms with Crippen LogP contribution in [0.1, 0.15) is 23.9 Å². The van der Waals surface area contributed by atoms with Crippen molar-refractivity contribution in [1.82, 2.24) is 20.1 Å². The highest BCUT2D eigenvalue weighted by Crippen LogP contribution is 2.22. The molecule has 164 valence electrons. The summed E-state index contributed by atoms with van der Waals surface area (Å²) in [5, 5.41) is 6.51. The molecule has 1 saturated heterocycles. The van der Waals surface area contributed by atoms with Gasteiger partial charge in [0.2, 0.25) is 15.9 Å². The number of piperazine rings is 1. The molecule has 30 heavy (non-hydrogen) atoms. The number of rotatable bonds is 7. The number of sulfonamides is 1. The first kappa shape index (κ1) is 22.3. The molecule has 10 heteroatoms. The van der Waals surface area contributed by atoms with E-state index in [-0.39, 0.29) is 16.3 Å². The number of hydrogen-bond acceptors (Lipinski definition) is 7. The number of aromatic nitrogens is 1. The number of para-hydroxylation sites is 1. The summed E-state index contributed by atoms with van der Waals surface area (Å²) >= 11 is 0. The predicted octanol–water partition coefficient (Wildman–Crippen LogP) is 1.03. The van der Waals surface area contributed by atoms with Crippen molar-refractivity contribution in [3.63, 3.8) is 0 Å². The summed E-state index contributed by atoms with van der Waals surface area (Å²) in [4.78, 5) is 17.1. The Balaban J connectivity index is 1.63. The van der Waals surface area contributed by atoms with Crippen molar-refractivity contribution >= 4 is 21.6 Å². The highest BCUT2D eigenvalue weighted by Gasteiger charge is 2.28. The molecule has 9 nitrogen and oxygen atoms in total. The lowest BCUT2D eigenvalue weighted by Gasteiger charge is -2.35. The summed E-state index contributed by atoms with van der Waals surface area (Å²) in [6.45, 7) is 8.72. The minimum absolute atomic E-state index is 0.0254. The van der Waals surface area contributed by atoms with Crippen LogP contribution in [-0.2, 0) is 21.4 Å². The number of carbonyl (C=O) groups is 1. The van der Waals surface area contributed by atoms with E-state index in [0.717, 1.165) is 37.4 Å². The average molecular weight is 436 g/mol. The Bertz CT molecular complexity index is 977. The predicted molar refractivity (Wildman–Crippen MR) is 114 cm³/mol. The molecular weight excluding hydrogens is 406 g/mol. The maximum Gasteiger partial charge on any atom is 0.246 e. The van der Waals surface area contributed by atoms with E-state index in [4.69, 9.17) is 4.52 Å². The van der Waals surface area contributed by atoms with E-state index in [9.17, 15) is 13.2 Å². The Labute approximate surface area is 177 Å². The molecule has 0 aliphatic carbocycles. The third-order valence-electron chi connectivity index (χ3n) is 5.25. The molecule has 2 aromatic rings. The molecule has 1 aromatic carbocycles. The summed E-state index contributed by atoms with van der Waals surface area (Å²) in [6, 6.07) is 7.01. The van der Waals surface area contributed by atoms with E-state index in [1.807, 2.05) is 18.2 Å². The summed E-state index contributed by atoms with van der Waals surface area (Å²) in [5.74, 6) is -0.216. The fourth-order valence-corrected chi connectivity index (χ4v) is 5.09. The number of nitrogens with one attached hydrogen (secondary N) is 2. The van der Waals surface area contributed by atoms with Crippen molar-refractivity contribution in [2.75, 3.05) is 38.1 Å². The zero-order valence-electron chi connectivity index (χ0n) is 17.8. The van der Waals surface area contributed by atoms with Gasteiger partial charge in [-0.05, 0) is 39.4 Å². The first-order valence-electron chi connectivity index (χ1n) is 9.93. The topological polar surface area (TPSA) is 108 Å². The van der Waals surface area contributed by atoms with E-state index >= 15 is 0 Å². The zero-order chi connectivity index (χ0) is 21.9. The van der Waals surface area contributed by atoms with Gasteiger partial charge >= 0.3 is 0 Å². The number of hydrogen-bond donors (Lipinski definition) is 2. The van der Waals surface area contributed by atoms with Crippen LogP contribution >= 0.6 is 0 Å². The third kappa shape index (κ3) is 5.00. The van der Waals surface area contributed by atoms with E-state index in [0.29, 0.717) is 6.54 Å². The van der Waals surface area contributed by atoms with Crippen LogP contribution in [0.5, 0.6) is 0 Å². The van der Waals surface area contributed by atoms with Crippen LogP contribution < -0.4 is 14.9 Å². The molecule has 3 rings (SSSR count). The van der Waals surface area contributed by atoms with Gasteiger partial charge < -0.3 is 19.6 Å². The molecule has 1 aromatic heterocycles. The van der Waals surface area contributed by atoms with Gasteiger partial charge in [-0.1, -0.05) is 23.4 Å². The number of anilines is 1. The minimum Gasteiger partial charge on any atom is -0.369 e. The molecule has 0 radical (unpaired) electrons. The molecule has 0 saturated carbocycles. The number of carbonyl (C=O) groups excluding carboxylic acids is 1. The molecule has 0 bridgehead atoms. The van der Waals surface area contributed by atoms with Crippen LogP contribution in [0.25, 0.3) is 0 Å². The smallest absolute Gasteiger partial charge is 0.246 e. The first-order chi connectivity index (χ1) is 14.2. The zero-order valence-corrected chi connectivity index (χ0v) is 18.6. The Morgan fingerprint density at radius 1 is 1.20 bits per heavy atom. The van der Waals surface area contributed by atoms with Crippen molar-refractivity contribution in [2.45, 2.75) is 38.3 Å². The third-order valence-corrected chi connectivity index (χ3v) is 7.03. The first-order valence-corrected chi connectivity index (χ1v) is 11.4. The summed E-state index contributed by atoms with van der Waals surface area (Å²) < 4.78 is 32.6. The average Bonchev–Trinajstić information content (AvgIpc) is 3.05. The van der Waals surface area contributed by atoms with Crippen molar-refractivity contribution in [1.29, 1.82) is 0 Å². The van der Waals surface area contributed by atoms with E-state index < -0.39 is 22.0 Å². The molecule has 1 atom stereocenters. The summed E-state index contributed by atoms with van der Waals surface area (Å²) in [7, 11) is -1.81. The van der Waals surface area contributed by atoms with Gasteiger partial charge in [-0.2, -0.15) is 4.72 Å². The molecule has 0 spiro atoms. The largest absolute Gasteiger partial charge is 0.369 e. The molecule has 1 aliphatic heterocycles. The Morgan fingerprint density at radius 3 is 2.50 bits per heavy atom. The van der Waals surface area contributed by atoms with Gasteiger partial charge in [-0.15, -0.1) is 0 Å². The maximum atomic E-state index is 12.6. The molecule has 0 unspecified atom stereocenters. The molecule has 1 fully saturated rings. The van der Waals surface area contributed by atoms with Gasteiger partial charge in [0.25, 0.3) is 0 Å². The summed E-state index contributed by atoms with van der Waals surface area (Å²) in [6.07, 6.45) is 0. The molecule has 2 heterocycles. The lowest BCUT2D eigenvalue weighted by Crippen LogP contribution is -2.46. The van der Waals surface area contributed by atoms with E-state index in [1.165, 1.54) is 13.8 Å². The fourth-order valence-electron chi connectivity index (χ4n) is 3.56. The number of nitrogens with zero attached hydrogens (tertiary/aromatic N) is 3. The van der Waals surface area contributed by atoms with Crippen molar-refractivity contribution in [3.05, 3.63) is 41.3 Å². The normalized spacial score (nSPS) is 16.5. The maximum absolute atomic E-state index is 12.6. The van der Waals surface area contributed by atoms with Crippen LogP contribution in [-0.4, -0.2) is 63.7 Å². The highest BCUT2D eigenvalue weighted by atomic mass is 32.2. The van der Waals surface area contributed by atoms with Crippen LogP contribution in [0, 0.1) is 13.8 Å². The lowest BCUT2D eigenvalue weighted by atomic mass is 10.1. The second-order valence-corrected chi connectivity index (χ2v) is 9.28. The molecular formula is C20H29N5O4S. The van der Waals surface area contributed by atoms with Gasteiger partial charge in [0, 0.05) is 38.4 Å². The number of aryl methyl sites for hydroxylation is 2. The SMILES string of the molecule is Cc1noc(C)c1S(=O)(=O)N[C@@H](C)C(=O)NCc1ccccc1N1CCN(C)CC1. The van der Waals surface area contributed by atoms with Crippen molar-refractivity contribution in [2.24, 2.45) is 0 Å². The fraction of sp³-hybridized carbons (Fsp3) is 0.500. The van der Waals surface area contributed by atoms with Gasteiger partial charge in [0.1, 0.15) is 10.6 Å². The van der Waals surface area contributed by atoms with E-state index in [1.54, 1.807) is 6.92 Å². The second-order valence-electron chi connectivity index (χ2n) is 7.63. The quantitative estimate of drug-likeness (QED) is 0.669. The van der Waals surface area contributed by atoms with Crippen LogP contribution in [0.3, 0.4) is 0 Å². The molecule has 2 N–H and O–H groups in total. The summed E-state index contributed by atoms with van der Waals surface area (Å²) in [5.41, 5.74) is 2.35. The number of benzene rings is 1. The van der Waals surface area contributed by atoms with Crippen LogP contribution in [0.2, 0.25) is 0 Å². The van der Waals surface area contributed by atoms with Crippen LogP contribution in [0.4, 0.5) is 5.69 Å².